The molecule has 2 heterocycles. The maximum Gasteiger partial charge on any atom is 0.230 e. The van der Waals surface area contributed by atoms with E-state index in [1.807, 2.05) is 0 Å². The highest BCUT2D eigenvalue weighted by atomic mass is 35.5. The van der Waals surface area contributed by atoms with Crippen molar-refractivity contribution in [3.05, 3.63) is 29.6 Å². The van der Waals surface area contributed by atoms with E-state index in [-0.39, 0.29) is 36.7 Å². The van der Waals surface area contributed by atoms with E-state index in [0.29, 0.717) is 11.3 Å². The van der Waals surface area contributed by atoms with Crippen LogP contribution in [-0.4, -0.2) is 42.9 Å². The van der Waals surface area contributed by atoms with Gasteiger partial charge in [-0.3, -0.25) is 9.59 Å². The van der Waals surface area contributed by atoms with Gasteiger partial charge in [-0.15, -0.1) is 12.4 Å². The molecule has 0 aromatic heterocycles. The Hall–Kier alpha value is -1.66. The average Bonchev–Trinajstić information content (AvgIpc) is 2.98. The van der Waals surface area contributed by atoms with Crippen LogP contribution in [0.15, 0.2) is 18.2 Å². The predicted octanol–water partition coefficient (Wildman–Crippen LogP) is 1.49. The lowest BCUT2D eigenvalue weighted by Gasteiger charge is -2.31. The van der Waals surface area contributed by atoms with Gasteiger partial charge in [-0.2, -0.15) is 0 Å². The summed E-state index contributed by atoms with van der Waals surface area (Å²) in [4.78, 5) is 26.2. The van der Waals surface area contributed by atoms with Crippen molar-refractivity contribution in [2.24, 2.45) is 0 Å². The number of likely N-dealkylation sites (N-methyl/N-ethyl adjacent to an activating group) is 1. The van der Waals surface area contributed by atoms with Gasteiger partial charge >= 0.3 is 0 Å². The van der Waals surface area contributed by atoms with Crippen LogP contribution in [0.3, 0.4) is 0 Å². The Morgan fingerprint density at radius 2 is 2.18 bits per heavy atom. The standard InChI is InChI=1S/C15H18FN3O2.ClH/c1-19(10-4-5-17-8-10)15(21)12-7-14(20)18-13-6-9(16)2-3-11(12)13;/h2-3,6,10,12,17H,4-5,7-8H2,1H3,(H,18,20);1H. The van der Waals surface area contributed by atoms with Crippen molar-refractivity contribution in [3.63, 3.8) is 0 Å². The maximum atomic E-state index is 13.3. The van der Waals surface area contributed by atoms with E-state index < -0.39 is 11.7 Å². The molecule has 0 spiro atoms. The van der Waals surface area contributed by atoms with Crippen LogP contribution in [0.4, 0.5) is 10.1 Å². The first-order valence-electron chi connectivity index (χ1n) is 7.13. The number of amides is 2. The number of carbonyl (C=O) groups is 2. The molecule has 1 aromatic carbocycles. The van der Waals surface area contributed by atoms with E-state index in [2.05, 4.69) is 10.6 Å². The third-order valence-electron chi connectivity index (χ3n) is 4.28. The molecule has 0 saturated carbocycles. The molecule has 0 aliphatic carbocycles. The van der Waals surface area contributed by atoms with Crippen LogP contribution >= 0.6 is 12.4 Å². The molecule has 120 valence electrons. The number of hydrogen-bond acceptors (Lipinski definition) is 3. The summed E-state index contributed by atoms with van der Waals surface area (Å²) < 4.78 is 13.3. The van der Waals surface area contributed by atoms with Gasteiger partial charge in [0, 0.05) is 31.7 Å². The molecule has 0 radical (unpaired) electrons. The number of rotatable bonds is 2. The lowest BCUT2D eigenvalue weighted by molar-refractivity contribution is -0.135. The smallest absolute Gasteiger partial charge is 0.230 e. The second-order valence-corrected chi connectivity index (χ2v) is 5.63. The second-order valence-electron chi connectivity index (χ2n) is 5.63. The molecular formula is C15H19ClFN3O2. The highest BCUT2D eigenvalue weighted by molar-refractivity contribution is 6.01. The van der Waals surface area contributed by atoms with E-state index in [0.717, 1.165) is 19.5 Å². The number of nitrogens with one attached hydrogen (secondary N) is 2. The Balaban J connectivity index is 0.00000176. The van der Waals surface area contributed by atoms with Crippen molar-refractivity contribution in [1.29, 1.82) is 0 Å². The number of anilines is 1. The minimum Gasteiger partial charge on any atom is -0.341 e. The summed E-state index contributed by atoms with van der Waals surface area (Å²) in [5, 5.41) is 5.86. The second kappa shape index (κ2) is 6.62. The van der Waals surface area contributed by atoms with Crippen LogP contribution < -0.4 is 10.6 Å². The van der Waals surface area contributed by atoms with Crippen LogP contribution in [0.5, 0.6) is 0 Å². The molecule has 2 aliphatic rings. The summed E-state index contributed by atoms with van der Waals surface area (Å²) in [6.45, 7) is 1.67. The number of benzene rings is 1. The molecule has 5 nitrogen and oxygen atoms in total. The normalized spacial score (nSPS) is 23.3. The molecular weight excluding hydrogens is 309 g/mol. The summed E-state index contributed by atoms with van der Waals surface area (Å²) in [7, 11) is 1.77. The fraction of sp³-hybridized carbons (Fsp3) is 0.467. The Labute approximate surface area is 134 Å². The molecule has 22 heavy (non-hydrogen) atoms. The van der Waals surface area contributed by atoms with Crippen molar-refractivity contribution in [2.45, 2.75) is 24.8 Å². The first-order chi connectivity index (χ1) is 10.1. The van der Waals surface area contributed by atoms with E-state index in [1.165, 1.54) is 12.1 Å². The molecule has 2 unspecified atom stereocenters. The van der Waals surface area contributed by atoms with Gasteiger partial charge in [0.1, 0.15) is 5.82 Å². The summed E-state index contributed by atoms with van der Waals surface area (Å²) in [5.41, 5.74) is 1.10. The van der Waals surface area contributed by atoms with Gasteiger partial charge in [-0.05, 0) is 30.7 Å². The van der Waals surface area contributed by atoms with E-state index in [9.17, 15) is 14.0 Å². The first kappa shape index (κ1) is 16.7. The summed E-state index contributed by atoms with van der Waals surface area (Å²) in [5.74, 6) is -1.27. The molecule has 3 rings (SSSR count). The van der Waals surface area contributed by atoms with Crippen molar-refractivity contribution < 1.29 is 14.0 Å². The molecule has 2 atom stereocenters. The van der Waals surface area contributed by atoms with Gasteiger partial charge in [0.05, 0.1) is 5.92 Å². The minimum atomic E-state index is -0.528. The number of nitrogens with zero attached hydrogens (tertiary/aromatic N) is 1. The Morgan fingerprint density at radius 1 is 1.41 bits per heavy atom. The lowest BCUT2D eigenvalue weighted by Crippen LogP contribution is -2.43. The molecule has 7 heteroatoms. The van der Waals surface area contributed by atoms with Gasteiger partial charge < -0.3 is 15.5 Å². The van der Waals surface area contributed by atoms with E-state index >= 15 is 0 Å². The van der Waals surface area contributed by atoms with Crippen LogP contribution in [0, 0.1) is 5.82 Å². The van der Waals surface area contributed by atoms with Crippen LogP contribution in [0.2, 0.25) is 0 Å². The zero-order chi connectivity index (χ0) is 15.0. The minimum absolute atomic E-state index is 0. The predicted molar refractivity (Wildman–Crippen MR) is 83.7 cm³/mol. The zero-order valence-corrected chi connectivity index (χ0v) is 13.1. The maximum absolute atomic E-state index is 13.3. The van der Waals surface area contributed by atoms with Crippen molar-refractivity contribution >= 4 is 29.9 Å². The summed E-state index contributed by atoms with van der Waals surface area (Å²) >= 11 is 0. The summed E-state index contributed by atoms with van der Waals surface area (Å²) in [6, 6.07) is 4.34. The quantitative estimate of drug-likeness (QED) is 0.865. The Morgan fingerprint density at radius 3 is 2.86 bits per heavy atom. The van der Waals surface area contributed by atoms with Crippen molar-refractivity contribution in [2.75, 3.05) is 25.5 Å². The zero-order valence-electron chi connectivity index (χ0n) is 12.3. The third-order valence-corrected chi connectivity index (χ3v) is 4.28. The van der Waals surface area contributed by atoms with Crippen LogP contribution in [0.1, 0.15) is 24.3 Å². The van der Waals surface area contributed by atoms with Gasteiger partial charge in [0.15, 0.2) is 0 Å². The number of hydrogen-bond donors (Lipinski definition) is 2. The van der Waals surface area contributed by atoms with E-state index in [4.69, 9.17) is 0 Å². The lowest BCUT2D eigenvalue weighted by atomic mass is 9.89. The molecule has 2 N–H and O–H groups in total. The molecule has 1 aromatic rings. The van der Waals surface area contributed by atoms with Gasteiger partial charge in [-0.25, -0.2) is 4.39 Å². The highest BCUT2D eigenvalue weighted by Crippen LogP contribution is 2.34. The van der Waals surface area contributed by atoms with Gasteiger partial charge in [0.2, 0.25) is 11.8 Å². The van der Waals surface area contributed by atoms with Crippen LogP contribution in [-0.2, 0) is 9.59 Å². The number of halogens is 2. The van der Waals surface area contributed by atoms with Crippen molar-refractivity contribution in [1.82, 2.24) is 10.2 Å². The topological polar surface area (TPSA) is 61.4 Å². The number of fused-ring (bicyclic) bond motifs is 1. The van der Waals surface area contributed by atoms with E-state index in [1.54, 1.807) is 18.0 Å². The first-order valence-corrected chi connectivity index (χ1v) is 7.13. The van der Waals surface area contributed by atoms with Crippen LogP contribution in [0.25, 0.3) is 0 Å². The Kier molecular flexibility index (Phi) is 5.03. The Bertz CT molecular complexity index is 590. The fourth-order valence-corrected chi connectivity index (χ4v) is 3.05. The van der Waals surface area contributed by atoms with Gasteiger partial charge in [-0.1, -0.05) is 6.07 Å². The molecule has 2 amide bonds. The largest absolute Gasteiger partial charge is 0.341 e. The van der Waals surface area contributed by atoms with Gasteiger partial charge in [0.25, 0.3) is 0 Å². The molecule has 1 saturated heterocycles. The molecule has 1 fully saturated rings. The highest BCUT2D eigenvalue weighted by Gasteiger charge is 2.35. The average molecular weight is 328 g/mol. The fourth-order valence-electron chi connectivity index (χ4n) is 3.05. The third kappa shape index (κ3) is 3.08. The monoisotopic (exact) mass is 327 g/mol. The number of carbonyl (C=O) groups excluding carboxylic acids is 2. The SMILES string of the molecule is CN(C(=O)C1CC(=O)Nc2cc(F)ccc21)C1CCNC1.Cl. The summed E-state index contributed by atoms with van der Waals surface area (Å²) in [6.07, 6.45) is 1.03. The molecule has 0 bridgehead atoms. The molecule has 2 aliphatic heterocycles. The van der Waals surface area contributed by atoms with Crippen molar-refractivity contribution in [3.8, 4) is 0 Å².